The molecule has 92 valence electrons. The van der Waals surface area contributed by atoms with Gasteiger partial charge in [0.05, 0.1) is 5.83 Å². The van der Waals surface area contributed by atoms with Gasteiger partial charge in [0, 0.05) is 5.22 Å². The van der Waals surface area contributed by atoms with E-state index >= 15 is 0 Å². The van der Waals surface area contributed by atoms with Crippen LogP contribution < -0.4 is 10.4 Å². The lowest BCUT2D eigenvalue weighted by atomic mass is 10.1. The maximum absolute atomic E-state index is 13.8. The molecule has 0 bridgehead atoms. The standard InChI is InChI=1S/C14H15F3/c1-8-5-6-12(7-9(2)10(3)15)13(11(4)16)14(8)17/h5-7H,1-4H3/b10-9+,12-7-,13-11-. The van der Waals surface area contributed by atoms with Gasteiger partial charge in [0.15, 0.2) is 0 Å². The van der Waals surface area contributed by atoms with Crippen molar-refractivity contribution < 1.29 is 13.2 Å². The van der Waals surface area contributed by atoms with Gasteiger partial charge in [-0.3, -0.25) is 0 Å². The smallest absolute Gasteiger partial charge is 0.136 e. The Bertz CT molecular complexity index is 572. The van der Waals surface area contributed by atoms with Crippen LogP contribution in [0.15, 0.2) is 23.5 Å². The van der Waals surface area contributed by atoms with E-state index < -0.39 is 11.6 Å². The van der Waals surface area contributed by atoms with Crippen molar-refractivity contribution in [2.45, 2.75) is 27.7 Å². The summed E-state index contributed by atoms with van der Waals surface area (Å²) in [6.07, 6.45) is 1.44. The molecule has 0 fully saturated rings. The second kappa shape index (κ2) is 5.21. The molecule has 0 saturated heterocycles. The zero-order valence-electron chi connectivity index (χ0n) is 10.4. The minimum atomic E-state index is -0.609. The van der Waals surface area contributed by atoms with E-state index in [1.54, 1.807) is 26.0 Å². The Morgan fingerprint density at radius 2 is 1.71 bits per heavy atom. The number of rotatable bonds is 1. The molecule has 0 nitrogen and oxygen atoms in total. The van der Waals surface area contributed by atoms with E-state index in [4.69, 9.17) is 0 Å². The van der Waals surface area contributed by atoms with Crippen molar-refractivity contribution in [3.05, 3.63) is 45.4 Å². The van der Waals surface area contributed by atoms with Crippen molar-refractivity contribution in [2.24, 2.45) is 0 Å². The van der Waals surface area contributed by atoms with Crippen molar-refractivity contribution >= 4 is 11.9 Å². The van der Waals surface area contributed by atoms with Crippen molar-refractivity contribution in [2.75, 3.05) is 0 Å². The maximum atomic E-state index is 13.8. The summed E-state index contributed by atoms with van der Waals surface area (Å²) in [6, 6.07) is 3.14. The lowest BCUT2D eigenvalue weighted by molar-refractivity contribution is 0.599. The first-order valence-electron chi connectivity index (χ1n) is 5.30. The highest BCUT2D eigenvalue weighted by Gasteiger charge is 2.04. The van der Waals surface area contributed by atoms with Crippen molar-refractivity contribution in [1.82, 2.24) is 0 Å². The average molecular weight is 240 g/mol. The first kappa shape index (κ1) is 13.6. The van der Waals surface area contributed by atoms with Crippen LogP contribution >= 0.6 is 0 Å². The number of halogens is 3. The zero-order valence-corrected chi connectivity index (χ0v) is 10.4. The summed E-state index contributed by atoms with van der Waals surface area (Å²) in [5.74, 6) is -1.57. The van der Waals surface area contributed by atoms with Crippen LogP contribution in [-0.4, -0.2) is 0 Å². The number of benzene rings is 1. The molecule has 0 saturated carbocycles. The van der Waals surface area contributed by atoms with Gasteiger partial charge in [0.25, 0.3) is 0 Å². The molecule has 0 heterocycles. The van der Waals surface area contributed by atoms with Crippen LogP contribution in [-0.2, 0) is 0 Å². The quantitative estimate of drug-likeness (QED) is 0.706. The highest BCUT2D eigenvalue weighted by Crippen LogP contribution is 2.05. The largest absolute Gasteiger partial charge is 0.212 e. The molecule has 1 aromatic carbocycles. The molecular weight excluding hydrogens is 225 g/mol. The molecular formula is C14H15F3. The van der Waals surface area contributed by atoms with E-state index in [0.717, 1.165) is 0 Å². The van der Waals surface area contributed by atoms with Crippen LogP contribution in [0.3, 0.4) is 0 Å². The first-order valence-corrected chi connectivity index (χ1v) is 5.30. The Hall–Kier alpha value is -1.51. The average Bonchev–Trinajstić information content (AvgIpc) is 2.22. The number of aryl methyl sites for hydroxylation is 1. The van der Waals surface area contributed by atoms with Crippen LogP contribution in [0.2, 0.25) is 0 Å². The fourth-order valence-electron chi connectivity index (χ4n) is 1.50. The molecule has 1 rings (SSSR count). The summed E-state index contributed by atoms with van der Waals surface area (Å²) in [7, 11) is 0. The van der Waals surface area contributed by atoms with Gasteiger partial charge in [-0.15, -0.1) is 0 Å². The summed E-state index contributed by atoms with van der Waals surface area (Å²) >= 11 is 0. The summed E-state index contributed by atoms with van der Waals surface area (Å²) in [4.78, 5) is 0. The van der Waals surface area contributed by atoms with E-state index in [2.05, 4.69) is 0 Å². The van der Waals surface area contributed by atoms with Crippen molar-refractivity contribution in [1.29, 1.82) is 0 Å². The topological polar surface area (TPSA) is 0 Å². The normalized spacial score (nSPS) is 15.8. The SMILES string of the molecule is C/C(F)=c1/c(F)c(C)cc/c1=C/C(C)=C(\C)F. The van der Waals surface area contributed by atoms with Gasteiger partial charge < -0.3 is 0 Å². The Labute approximate surface area is 98.8 Å². The van der Waals surface area contributed by atoms with Crippen molar-refractivity contribution in [3.8, 4) is 0 Å². The highest BCUT2D eigenvalue weighted by atomic mass is 19.1. The van der Waals surface area contributed by atoms with Crippen LogP contribution in [0.25, 0.3) is 11.9 Å². The molecule has 0 radical (unpaired) electrons. The lowest BCUT2D eigenvalue weighted by Crippen LogP contribution is -2.30. The predicted octanol–water partition coefficient (Wildman–Crippen LogP) is 3.28. The van der Waals surface area contributed by atoms with Gasteiger partial charge in [-0.1, -0.05) is 12.1 Å². The van der Waals surface area contributed by atoms with E-state index in [1.807, 2.05) is 0 Å². The van der Waals surface area contributed by atoms with E-state index in [0.29, 0.717) is 16.4 Å². The van der Waals surface area contributed by atoms with Gasteiger partial charge in [-0.05, 0) is 50.1 Å². The zero-order chi connectivity index (χ0) is 13.2. The van der Waals surface area contributed by atoms with Gasteiger partial charge in [-0.2, -0.15) is 0 Å². The molecule has 0 aromatic heterocycles. The summed E-state index contributed by atoms with van der Waals surface area (Å²) in [6.45, 7) is 5.62. The molecule has 0 aliphatic heterocycles. The molecule has 1 aromatic rings. The monoisotopic (exact) mass is 240 g/mol. The van der Waals surface area contributed by atoms with Crippen LogP contribution in [0.4, 0.5) is 13.2 Å². The van der Waals surface area contributed by atoms with Crippen LogP contribution in [0.1, 0.15) is 26.3 Å². The minimum absolute atomic E-state index is 0.0920. The molecule has 0 spiro atoms. The number of hydrogen-bond acceptors (Lipinski definition) is 0. The second-order valence-corrected chi connectivity index (χ2v) is 4.05. The van der Waals surface area contributed by atoms with Crippen LogP contribution in [0, 0.1) is 12.7 Å². The summed E-state index contributed by atoms with van der Waals surface area (Å²) in [5.41, 5.74) is 0.725. The minimum Gasteiger partial charge on any atom is -0.212 e. The van der Waals surface area contributed by atoms with Crippen LogP contribution in [0.5, 0.6) is 0 Å². The Morgan fingerprint density at radius 3 is 2.18 bits per heavy atom. The Morgan fingerprint density at radius 1 is 1.12 bits per heavy atom. The molecule has 17 heavy (non-hydrogen) atoms. The van der Waals surface area contributed by atoms with Gasteiger partial charge in [0.1, 0.15) is 11.6 Å². The van der Waals surface area contributed by atoms with Gasteiger partial charge >= 0.3 is 0 Å². The first-order chi connectivity index (χ1) is 7.84. The third-order valence-electron chi connectivity index (χ3n) is 2.63. The van der Waals surface area contributed by atoms with E-state index in [-0.39, 0.29) is 11.0 Å². The lowest BCUT2D eigenvalue weighted by Gasteiger charge is -2.00. The number of allylic oxidation sites excluding steroid dienone is 2. The summed E-state index contributed by atoms with van der Waals surface area (Å²) < 4.78 is 40.1. The third-order valence-corrected chi connectivity index (χ3v) is 2.63. The molecule has 0 N–H and O–H groups in total. The Balaban J connectivity index is 3.76. The van der Waals surface area contributed by atoms with Gasteiger partial charge in [-0.25, -0.2) is 13.2 Å². The fourth-order valence-corrected chi connectivity index (χ4v) is 1.50. The second-order valence-electron chi connectivity index (χ2n) is 4.05. The summed E-state index contributed by atoms with van der Waals surface area (Å²) in [5, 5.41) is 0.258. The number of hydrogen-bond donors (Lipinski definition) is 0. The molecule has 0 atom stereocenters. The van der Waals surface area contributed by atoms with E-state index in [9.17, 15) is 13.2 Å². The van der Waals surface area contributed by atoms with E-state index in [1.165, 1.54) is 19.9 Å². The maximum Gasteiger partial charge on any atom is 0.136 e. The highest BCUT2D eigenvalue weighted by molar-refractivity contribution is 5.49. The molecule has 0 aliphatic rings. The molecule has 0 amide bonds. The van der Waals surface area contributed by atoms with Crippen molar-refractivity contribution in [3.63, 3.8) is 0 Å². The third kappa shape index (κ3) is 2.99. The Kier molecular flexibility index (Phi) is 4.16. The molecule has 0 unspecified atom stereocenters. The fraction of sp³-hybridized carbons (Fsp3) is 0.286. The molecule has 3 heteroatoms. The van der Waals surface area contributed by atoms with Gasteiger partial charge in [0.2, 0.25) is 0 Å². The molecule has 0 aliphatic carbocycles. The predicted molar refractivity (Wildman–Crippen MR) is 64.5 cm³/mol.